The van der Waals surface area contributed by atoms with Crippen LogP contribution in [0.3, 0.4) is 0 Å². The maximum absolute atomic E-state index is 11.2. The first-order chi connectivity index (χ1) is 9.15. The number of carboxylic acids is 1. The SMILES string of the molecule is Cc1ccc(-c2ncc(C(=O)O)c(C3CC3)n2)cc1. The molecule has 1 N–H and O–H groups in total. The Morgan fingerprint density at radius 3 is 2.53 bits per heavy atom. The fraction of sp³-hybridized carbons (Fsp3) is 0.267. The molecule has 3 rings (SSSR count). The van der Waals surface area contributed by atoms with Crippen LogP contribution in [0.4, 0.5) is 0 Å². The Labute approximate surface area is 111 Å². The molecule has 0 amide bonds. The number of aryl methyl sites for hydroxylation is 1. The fourth-order valence-electron chi connectivity index (χ4n) is 2.07. The molecule has 0 bridgehead atoms. The number of hydrogen-bond acceptors (Lipinski definition) is 3. The number of carboxylic acid groups (broad SMARTS) is 1. The van der Waals surface area contributed by atoms with Crippen LogP contribution in [-0.2, 0) is 0 Å². The predicted octanol–water partition coefficient (Wildman–Crippen LogP) is 3.03. The van der Waals surface area contributed by atoms with Gasteiger partial charge in [-0.05, 0) is 19.8 Å². The van der Waals surface area contributed by atoms with E-state index in [0.29, 0.717) is 17.4 Å². The zero-order valence-corrected chi connectivity index (χ0v) is 10.6. The number of rotatable bonds is 3. The average Bonchev–Trinajstić information content (AvgIpc) is 3.23. The third-order valence-corrected chi connectivity index (χ3v) is 3.32. The van der Waals surface area contributed by atoms with Crippen molar-refractivity contribution in [2.24, 2.45) is 0 Å². The first-order valence-electron chi connectivity index (χ1n) is 6.32. The predicted molar refractivity (Wildman–Crippen MR) is 71.1 cm³/mol. The normalized spacial score (nSPS) is 14.4. The van der Waals surface area contributed by atoms with Gasteiger partial charge in [0.1, 0.15) is 0 Å². The van der Waals surface area contributed by atoms with Gasteiger partial charge in [0.05, 0.1) is 11.3 Å². The summed E-state index contributed by atoms with van der Waals surface area (Å²) in [5.41, 5.74) is 3.01. The van der Waals surface area contributed by atoms with E-state index in [9.17, 15) is 4.79 Å². The van der Waals surface area contributed by atoms with E-state index in [0.717, 1.165) is 18.4 Å². The summed E-state index contributed by atoms with van der Waals surface area (Å²) in [6.45, 7) is 2.02. The van der Waals surface area contributed by atoms with E-state index < -0.39 is 5.97 Å². The number of carbonyl (C=O) groups is 1. The van der Waals surface area contributed by atoms with Crippen LogP contribution in [0.25, 0.3) is 11.4 Å². The van der Waals surface area contributed by atoms with Crippen LogP contribution in [0.5, 0.6) is 0 Å². The van der Waals surface area contributed by atoms with Crippen molar-refractivity contribution in [1.82, 2.24) is 9.97 Å². The second-order valence-corrected chi connectivity index (χ2v) is 4.94. The van der Waals surface area contributed by atoms with Crippen molar-refractivity contribution < 1.29 is 9.90 Å². The smallest absolute Gasteiger partial charge is 0.339 e. The molecule has 1 aliphatic rings. The summed E-state index contributed by atoms with van der Waals surface area (Å²) in [6.07, 6.45) is 3.47. The molecule has 1 aromatic carbocycles. The standard InChI is InChI=1S/C15H14N2O2/c1-9-2-4-11(5-3-9)14-16-8-12(15(18)19)13(17-14)10-6-7-10/h2-5,8,10H,6-7H2,1H3,(H,18,19). The molecule has 0 unspecified atom stereocenters. The van der Waals surface area contributed by atoms with Crippen LogP contribution in [0, 0.1) is 6.92 Å². The summed E-state index contributed by atoms with van der Waals surface area (Å²) in [5.74, 6) is -0.0532. The average molecular weight is 254 g/mol. The molecule has 1 fully saturated rings. The Morgan fingerprint density at radius 2 is 1.95 bits per heavy atom. The first-order valence-corrected chi connectivity index (χ1v) is 6.32. The van der Waals surface area contributed by atoms with Gasteiger partial charge in [0.25, 0.3) is 0 Å². The number of hydrogen-bond donors (Lipinski definition) is 1. The fourth-order valence-corrected chi connectivity index (χ4v) is 2.07. The summed E-state index contributed by atoms with van der Waals surface area (Å²) in [7, 11) is 0. The highest BCUT2D eigenvalue weighted by atomic mass is 16.4. The highest BCUT2D eigenvalue weighted by Crippen LogP contribution is 2.41. The van der Waals surface area contributed by atoms with Gasteiger partial charge in [-0.1, -0.05) is 29.8 Å². The lowest BCUT2D eigenvalue weighted by molar-refractivity contribution is 0.0694. The Bertz CT molecular complexity index is 631. The molecule has 0 atom stereocenters. The minimum absolute atomic E-state index is 0.235. The maximum atomic E-state index is 11.2. The Balaban J connectivity index is 2.05. The lowest BCUT2D eigenvalue weighted by atomic mass is 10.1. The minimum atomic E-state index is -0.947. The van der Waals surface area contributed by atoms with Crippen molar-refractivity contribution in [2.45, 2.75) is 25.7 Å². The molecule has 0 saturated heterocycles. The Hall–Kier alpha value is -2.23. The zero-order valence-electron chi connectivity index (χ0n) is 10.6. The summed E-state index contributed by atoms with van der Waals surface area (Å²) >= 11 is 0. The molecule has 4 nitrogen and oxygen atoms in total. The molecule has 1 heterocycles. The van der Waals surface area contributed by atoms with E-state index >= 15 is 0 Å². The molecule has 2 aromatic rings. The first kappa shape index (κ1) is 11.8. The van der Waals surface area contributed by atoms with Gasteiger partial charge in [0.15, 0.2) is 5.82 Å². The van der Waals surface area contributed by atoms with E-state index in [1.165, 1.54) is 11.8 Å². The van der Waals surface area contributed by atoms with Crippen LogP contribution >= 0.6 is 0 Å². The number of aromatic carboxylic acids is 1. The second kappa shape index (κ2) is 4.46. The van der Waals surface area contributed by atoms with Gasteiger partial charge in [0.2, 0.25) is 0 Å². The monoisotopic (exact) mass is 254 g/mol. The topological polar surface area (TPSA) is 63.1 Å². The molecule has 1 aromatic heterocycles. The lowest BCUT2D eigenvalue weighted by Crippen LogP contribution is -2.06. The third kappa shape index (κ3) is 2.34. The molecule has 0 radical (unpaired) electrons. The highest BCUT2D eigenvalue weighted by Gasteiger charge is 2.30. The van der Waals surface area contributed by atoms with Gasteiger partial charge in [0, 0.05) is 17.7 Å². The summed E-state index contributed by atoms with van der Waals surface area (Å²) in [4.78, 5) is 19.8. The van der Waals surface area contributed by atoms with Gasteiger partial charge in [-0.2, -0.15) is 0 Å². The van der Waals surface area contributed by atoms with Crippen molar-refractivity contribution in [3.63, 3.8) is 0 Å². The van der Waals surface area contributed by atoms with Gasteiger partial charge in [-0.15, -0.1) is 0 Å². The summed E-state index contributed by atoms with van der Waals surface area (Å²) in [6, 6.07) is 7.92. The minimum Gasteiger partial charge on any atom is -0.478 e. The van der Waals surface area contributed by atoms with Crippen LogP contribution in [0.1, 0.15) is 40.4 Å². The van der Waals surface area contributed by atoms with E-state index in [2.05, 4.69) is 9.97 Å². The summed E-state index contributed by atoms with van der Waals surface area (Å²) in [5, 5.41) is 9.16. The van der Waals surface area contributed by atoms with Crippen molar-refractivity contribution in [1.29, 1.82) is 0 Å². The molecule has 0 aliphatic heterocycles. The quantitative estimate of drug-likeness (QED) is 0.914. The Morgan fingerprint density at radius 1 is 1.26 bits per heavy atom. The lowest BCUT2D eigenvalue weighted by Gasteiger charge is -2.06. The molecule has 1 aliphatic carbocycles. The summed E-state index contributed by atoms with van der Waals surface area (Å²) < 4.78 is 0. The second-order valence-electron chi connectivity index (χ2n) is 4.94. The van der Waals surface area contributed by atoms with Crippen LogP contribution in [0.2, 0.25) is 0 Å². The van der Waals surface area contributed by atoms with E-state index in [4.69, 9.17) is 5.11 Å². The van der Waals surface area contributed by atoms with Crippen molar-refractivity contribution in [2.75, 3.05) is 0 Å². The van der Waals surface area contributed by atoms with Crippen LogP contribution in [-0.4, -0.2) is 21.0 Å². The van der Waals surface area contributed by atoms with Gasteiger partial charge in [-0.3, -0.25) is 0 Å². The van der Waals surface area contributed by atoms with E-state index in [1.54, 1.807) is 0 Å². The maximum Gasteiger partial charge on any atom is 0.339 e. The zero-order chi connectivity index (χ0) is 13.4. The molecule has 0 spiro atoms. The molecule has 4 heteroatoms. The van der Waals surface area contributed by atoms with Crippen LogP contribution < -0.4 is 0 Å². The molecule has 1 saturated carbocycles. The Kier molecular flexibility index (Phi) is 2.78. The largest absolute Gasteiger partial charge is 0.478 e. The van der Waals surface area contributed by atoms with E-state index in [-0.39, 0.29) is 5.56 Å². The van der Waals surface area contributed by atoms with Crippen molar-refractivity contribution in [3.8, 4) is 11.4 Å². The molecule has 19 heavy (non-hydrogen) atoms. The molecular formula is C15H14N2O2. The van der Waals surface area contributed by atoms with Crippen molar-refractivity contribution >= 4 is 5.97 Å². The number of benzene rings is 1. The van der Waals surface area contributed by atoms with Gasteiger partial charge >= 0.3 is 5.97 Å². The van der Waals surface area contributed by atoms with Crippen molar-refractivity contribution in [3.05, 3.63) is 47.3 Å². The number of aromatic nitrogens is 2. The molecular weight excluding hydrogens is 240 g/mol. The van der Waals surface area contributed by atoms with Gasteiger partial charge < -0.3 is 5.11 Å². The van der Waals surface area contributed by atoms with E-state index in [1.807, 2.05) is 31.2 Å². The van der Waals surface area contributed by atoms with Crippen LogP contribution in [0.15, 0.2) is 30.5 Å². The number of nitrogens with zero attached hydrogens (tertiary/aromatic N) is 2. The third-order valence-electron chi connectivity index (χ3n) is 3.32. The van der Waals surface area contributed by atoms with Gasteiger partial charge in [-0.25, -0.2) is 14.8 Å². The highest BCUT2D eigenvalue weighted by molar-refractivity contribution is 5.89. The molecule has 96 valence electrons.